The van der Waals surface area contributed by atoms with Gasteiger partial charge in [0, 0.05) is 22.1 Å². The highest BCUT2D eigenvalue weighted by Crippen LogP contribution is 2.17. The lowest BCUT2D eigenvalue weighted by molar-refractivity contribution is -0.142. The number of halogens is 2. The average molecular weight is 461 g/mol. The van der Waals surface area contributed by atoms with Crippen LogP contribution in [0.25, 0.3) is 0 Å². The van der Waals surface area contributed by atoms with Gasteiger partial charge in [0.25, 0.3) is 0 Å². The number of ketones is 1. The number of nitrogens with zero attached hydrogens (tertiary/aromatic N) is 1. The van der Waals surface area contributed by atoms with Crippen molar-refractivity contribution in [2.45, 2.75) is 4.90 Å². The number of hydrogen-bond acceptors (Lipinski definition) is 5. The molecule has 0 atom stereocenters. The van der Waals surface area contributed by atoms with Gasteiger partial charge in [0.05, 0.1) is 4.90 Å². The van der Waals surface area contributed by atoms with Crippen molar-refractivity contribution in [2.24, 2.45) is 0 Å². The van der Waals surface area contributed by atoms with E-state index in [0.29, 0.717) is 10.6 Å². The monoisotopic (exact) mass is 459 g/mol. The van der Waals surface area contributed by atoms with Crippen LogP contribution in [-0.2, 0) is 19.6 Å². The fourth-order valence-corrected chi connectivity index (χ4v) is 3.47. The first-order valence-corrected chi connectivity index (χ1v) is 9.97. The molecule has 0 unspecified atom stereocenters. The van der Waals surface area contributed by atoms with E-state index in [9.17, 15) is 18.0 Å². The number of Topliss-reactive ketones (excluding diaryl/α,β-unsaturated/α-hetero) is 1. The summed E-state index contributed by atoms with van der Waals surface area (Å²) in [5.41, 5.74) is 0.392. The quantitative estimate of drug-likeness (QED) is 0.468. The van der Waals surface area contributed by atoms with Crippen molar-refractivity contribution in [3.05, 3.63) is 63.6 Å². The van der Waals surface area contributed by atoms with Crippen LogP contribution >= 0.6 is 27.5 Å². The lowest BCUT2D eigenvalue weighted by Crippen LogP contribution is -2.33. The van der Waals surface area contributed by atoms with Gasteiger partial charge in [-0.3, -0.25) is 9.59 Å². The van der Waals surface area contributed by atoms with E-state index in [-0.39, 0.29) is 10.7 Å². The SMILES string of the molecule is CN(CC(=O)OCC(=O)c1ccc(Br)cc1)S(=O)(=O)c1ccc(Cl)cc1. The summed E-state index contributed by atoms with van der Waals surface area (Å²) in [5.74, 6) is -1.20. The lowest BCUT2D eigenvalue weighted by atomic mass is 10.1. The van der Waals surface area contributed by atoms with Crippen LogP contribution in [0.5, 0.6) is 0 Å². The molecule has 0 N–H and O–H groups in total. The third-order valence-corrected chi connectivity index (χ3v) is 6.00. The number of ether oxygens (including phenoxy) is 1. The summed E-state index contributed by atoms with van der Waals surface area (Å²) in [6.45, 7) is -0.978. The Morgan fingerprint density at radius 3 is 2.23 bits per heavy atom. The minimum atomic E-state index is -3.86. The molecule has 2 aromatic rings. The van der Waals surface area contributed by atoms with Gasteiger partial charge in [-0.05, 0) is 36.4 Å². The zero-order valence-electron chi connectivity index (χ0n) is 13.7. The van der Waals surface area contributed by atoms with Gasteiger partial charge in [0.15, 0.2) is 12.4 Å². The van der Waals surface area contributed by atoms with Gasteiger partial charge in [-0.25, -0.2) is 8.42 Å². The molecule has 0 spiro atoms. The Morgan fingerprint density at radius 1 is 1.08 bits per heavy atom. The second-order valence-electron chi connectivity index (χ2n) is 5.31. The Bertz CT molecular complexity index is 898. The van der Waals surface area contributed by atoms with E-state index in [0.717, 1.165) is 8.78 Å². The van der Waals surface area contributed by atoms with E-state index in [2.05, 4.69) is 15.9 Å². The van der Waals surface area contributed by atoms with Gasteiger partial charge < -0.3 is 4.74 Å². The topological polar surface area (TPSA) is 80.8 Å². The van der Waals surface area contributed by atoms with Crippen molar-refractivity contribution in [3.63, 3.8) is 0 Å². The van der Waals surface area contributed by atoms with Crippen LogP contribution in [-0.4, -0.2) is 44.7 Å². The summed E-state index contributed by atoms with van der Waals surface area (Å²) in [6, 6.07) is 12.2. The summed E-state index contributed by atoms with van der Waals surface area (Å²) >= 11 is 9.00. The minimum absolute atomic E-state index is 0.00291. The second kappa shape index (κ2) is 8.77. The fraction of sp³-hybridized carbons (Fsp3) is 0.176. The van der Waals surface area contributed by atoms with Gasteiger partial charge in [-0.2, -0.15) is 4.31 Å². The van der Waals surface area contributed by atoms with Crippen molar-refractivity contribution >= 4 is 49.3 Å². The maximum atomic E-state index is 12.4. The zero-order valence-corrected chi connectivity index (χ0v) is 16.8. The molecule has 0 fully saturated rings. The maximum absolute atomic E-state index is 12.4. The van der Waals surface area contributed by atoms with E-state index in [1.807, 2.05) is 0 Å². The van der Waals surface area contributed by atoms with Crippen LogP contribution in [0, 0.1) is 0 Å². The number of carbonyl (C=O) groups excluding carboxylic acids is 2. The molecule has 0 saturated carbocycles. The van der Waals surface area contributed by atoms with E-state index in [1.54, 1.807) is 24.3 Å². The van der Waals surface area contributed by atoms with Crippen molar-refractivity contribution in [2.75, 3.05) is 20.2 Å². The fourth-order valence-electron chi connectivity index (χ4n) is 1.96. The minimum Gasteiger partial charge on any atom is -0.456 e. The number of carbonyl (C=O) groups is 2. The molecule has 26 heavy (non-hydrogen) atoms. The zero-order chi connectivity index (χ0) is 19.3. The normalized spacial score (nSPS) is 11.4. The molecule has 0 heterocycles. The molecule has 0 radical (unpaired) electrons. The molecule has 2 rings (SSSR count). The second-order valence-corrected chi connectivity index (χ2v) is 8.70. The van der Waals surface area contributed by atoms with Crippen LogP contribution < -0.4 is 0 Å². The van der Waals surface area contributed by atoms with Gasteiger partial charge in [0.2, 0.25) is 10.0 Å². The molecule has 0 aliphatic heterocycles. The molecule has 0 aliphatic rings. The molecule has 0 aromatic heterocycles. The number of likely N-dealkylation sites (N-methyl/N-ethyl adjacent to an activating group) is 1. The van der Waals surface area contributed by atoms with Crippen molar-refractivity contribution in [3.8, 4) is 0 Å². The van der Waals surface area contributed by atoms with Gasteiger partial charge in [-0.15, -0.1) is 0 Å². The molecule has 0 aliphatic carbocycles. The smallest absolute Gasteiger partial charge is 0.321 e. The number of sulfonamides is 1. The number of esters is 1. The Hall–Kier alpha value is -1.74. The third kappa shape index (κ3) is 5.38. The molecule has 9 heteroatoms. The van der Waals surface area contributed by atoms with Gasteiger partial charge in [0.1, 0.15) is 6.54 Å². The van der Waals surface area contributed by atoms with Gasteiger partial charge >= 0.3 is 5.97 Å². The Kier molecular flexibility index (Phi) is 6.94. The highest BCUT2D eigenvalue weighted by atomic mass is 79.9. The number of benzene rings is 2. The molecule has 6 nitrogen and oxygen atoms in total. The van der Waals surface area contributed by atoms with E-state index in [1.165, 1.54) is 31.3 Å². The largest absolute Gasteiger partial charge is 0.456 e. The summed E-state index contributed by atoms with van der Waals surface area (Å²) < 4.78 is 31.3. The van der Waals surface area contributed by atoms with Crippen LogP contribution in [0.3, 0.4) is 0 Å². The first-order chi connectivity index (χ1) is 12.2. The van der Waals surface area contributed by atoms with Crippen molar-refractivity contribution < 1.29 is 22.7 Å². The highest BCUT2D eigenvalue weighted by Gasteiger charge is 2.24. The highest BCUT2D eigenvalue weighted by molar-refractivity contribution is 9.10. The maximum Gasteiger partial charge on any atom is 0.321 e. The first-order valence-electron chi connectivity index (χ1n) is 7.36. The lowest BCUT2D eigenvalue weighted by Gasteiger charge is -2.16. The molecule has 2 aromatic carbocycles. The molecule has 0 bridgehead atoms. The van der Waals surface area contributed by atoms with Crippen molar-refractivity contribution in [1.29, 1.82) is 0 Å². The molecule has 0 saturated heterocycles. The number of hydrogen-bond donors (Lipinski definition) is 0. The standard InChI is InChI=1S/C17H15BrClNO5S/c1-20(26(23,24)15-8-6-14(19)7-9-15)10-17(22)25-11-16(21)12-2-4-13(18)5-3-12/h2-9H,10-11H2,1H3. The Labute approximate surface area is 164 Å². The first kappa shape index (κ1) is 20.6. The third-order valence-electron chi connectivity index (χ3n) is 3.40. The molecular weight excluding hydrogens is 446 g/mol. The van der Waals surface area contributed by atoms with Crippen LogP contribution in [0.4, 0.5) is 0 Å². The van der Waals surface area contributed by atoms with Crippen LogP contribution in [0.1, 0.15) is 10.4 Å². The molecule has 138 valence electrons. The predicted molar refractivity (Wildman–Crippen MR) is 101 cm³/mol. The molecule has 0 amide bonds. The molecular formula is C17H15BrClNO5S. The summed E-state index contributed by atoms with van der Waals surface area (Å²) in [7, 11) is -2.61. The Morgan fingerprint density at radius 2 is 1.65 bits per heavy atom. The Balaban J connectivity index is 1.93. The van der Waals surface area contributed by atoms with E-state index >= 15 is 0 Å². The van der Waals surface area contributed by atoms with Crippen LogP contribution in [0.15, 0.2) is 57.9 Å². The summed E-state index contributed by atoms with van der Waals surface area (Å²) in [6.07, 6.45) is 0. The van der Waals surface area contributed by atoms with E-state index < -0.39 is 29.1 Å². The van der Waals surface area contributed by atoms with Gasteiger partial charge in [-0.1, -0.05) is 39.7 Å². The number of rotatable bonds is 7. The van der Waals surface area contributed by atoms with Crippen LogP contribution in [0.2, 0.25) is 5.02 Å². The van der Waals surface area contributed by atoms with Crippen molar-refractivity contribution in [1.82, 2.24) is 4.31 Å². The summed E-state index contributed by atoms with van der Waals surface area (Å²) in [4.78, 5) is 23.8. The summed E-state index contributed by atoms with van der Waals surface area (Å²) in [5, 5.41) is 0.400. The average Bonchev–Trinajstić information content (AvgIpc) is 2.60. The predicted octanol–water partition coefficient (Wildman–Crippen LogP) is 3.15. The van der Waals surface area contributed by atoms with E-state index in [4.69, 9.17) is 16.3 Å².